The Morgan fingerprint density at radius 2 is 1.56 bits per heavy atom. The number of carbonyl (C=O) groups is 4. The highest BCUT2D eigenvalue weighted by molar-refractivity contribution is 5.94. The Morgan fingerprint density at radius 1 is 0.889 bits per heavy atom. The summed E-state index contributed by atoms with van der Waals surface area (Å²) in [6, 6.07) is 12.4. The van der Waals surface area contributed by atoms with E-state index in [1.165, 1.54) is 0 Å². The molecule has 0 aliphatic carbocycles. The van der Waals surface area contributed by atoms with E-state index in [4.69, 9.17) is 17.2 Å². The van der Waals surface area contributed by atoms with Gasteiger partial charge in [-0.2, -0.15) is 0 Å². The standard InChI is InChI=1S/C32H44N8O5/c1-3-19(2)27(40-28(41)23(33)17-21-18-37-24-13-8-7-12-22(21)24)30(43)39-26(16-20-10-5-4-6-11-20)29(42)38-25(31(44)45)14-9-15-36-32(34)35/h4-8,10-13,18-19,23,25-27,37H,3,9,14-17,33H2,1-2H3,(H,38,42)(H,39,43)(H,40,41)(H,44,45)(H4,34,35,36). The van der Waals surface area contributed by atoms with Crippen molar-refractivity contribution in [2.75, 3.05) is 6.54 Å². The molecule has 13 nitrogen and oxygen atoms in total. The van der Waals surface area contributed by atoms with E-state index >= 15 is 0 Å². The van der Waals surface area contributed by atoms with Crippen molar-refractivity contribution < 1.29 is 24.3 Å². The highest BCUT2D eigenvalue weighted by Crippen LogP contribution is 2.19. The number of H-pyrrole nitrogens is 1. The van der Waals surface area contributed by atoms with E-state index in [0.717, 1.165) is 22.0 Å². The number of hydrogen-bond donors (Lipinski definition) is 8. The fourth-order valence-electron chi connectivity index (χ4n) is 4.95. The molecule has 0 saturated carbocycles. The summed E-state index contributed by atoms with van der Waals surface area (Å²) >= 11 is 0. The van der Waals surface area contributed by atoms with Crippen LogP contribution in [0.2, 0.25) is 0 Å². The number of nitrogens with zero attached hydrogens (tertiary/aromatic N) is 1. The van der Waals surface area contributed by atoms with Gasteiger partial charge in [-0.05, 0) is 42.4 Å². The average molecular weight is 621 g/mol. The van der Waals surface area contributed by atoms with E-state index in [2.05, 4.69) is 25.9 Å². The summed E-state index contributed by atoms with van der Waals surface area (Å²) < 4.78 is 0. The second kappa shape index (κ2) is 16.8. The number of amides is 3. The lowest BCUT2D eigenvalue weighted by molar-refractivity contribution is -0.142. The molecule has 11 N–H and O–H groups in total. The highest BCUT2D eigenvalue weighted by atomic mass is 16.4. The van der Waals surface area contributed by atoms with Gasteiger partial charge in [-0.15, -0.1) is 0 Å². The van der Waals surface area contributed by atoms with Crippen LogP contribution in [0.4, 0.5) is 0 Å². The number of carboxylic acids is 1. The molecule has 2 aromatic carbocycles. The number of hydrogen-bond acceptors (Lipinski definition) is 6. The van der Waals surface area contributed by atoms with Gasteiger partial charge in [0.05, 0.1) is 6.04 Å². The second-order valence-electron chi connectivity index (χ2n) is 11.1. The van der Waals surface area contributed by atoms with Crippen LogP contribution in [0.1, 0.15) is 44.2 Å². The molecule has 0 spiro atoms. The minimum absolute atomic E-state index is 0.0731. The summed E-state index contributed by atoms with van der Waals surface area (Å²) in [6.45, 7) is 3.90. The van der Waals surface area contributed by atoms with Crippen molar-refractivity contribution in [3.63, 3.8) is 0 Å². The lowest BCUT2D eigenvalue weighted by Crippen LogP contribution is -2.59. The number of para-hydroxylation sites is 1. The molecule has 5 unspecified atom stereocenters. The monoisotopic (exact) mass is 620 g/mol. The summed E-state index contributed by atoms with van der Waals surface area (Å²) in [5, 5.41) is 18.8. The van der Waals surface area contributed by atoms with Crippen molar-refractivity contribution in [1.29, 1.82) is 0 Å². The molecule has 3 aromatic rings. The molecule has 5 atom stereocenters. The van der Waals surface area contributed by atoms with E-state index in [-0.39, 0.29) is 37.7 Å². The first-order chi connectivity index (χ1) is 21.5. The van der Waals surface area contributed by atoms with Gasteiger partial charge in [-0.25, -0.2) is 4.79 Å². The number of benzene rings is 2. The lowest BCUT2D eigenvalue weighted by Gasteiger charge is -2.28. The van der Waals surface area contributed by atoms with Crippen LogP contribution < -0.4 is 33.2 Å². The van der Waals surface area contributed by atoms with E-state index in [1.54, 1.807) is 24.3 Å². The zero-order chi connectivity index (χ0) is 32.9. The first-order valence-corrected chi connectivity index (χ1v) is 15.0. The van der Waals surface area contributed by atoms with Gasteiger partial charge in [0.25, 0.3) is 0 Å². The second-order valence-corrected chi connectivity index (χ2v) is 11.1. The fourth-order valence-corrected chi connectivity index (χ4v) is 4.95. The Bertz CT molecular complexity index is 1470. The van der Waals surface area contributed by atoms with Crippen LogP contribution in [0.3, 0.4) is 0 Å². The predicted molar refractivity (Wildman–Crippen MR) is 173 cm³/mol. The van der Waals surface area contributed by atoms with Crippen LogP contribution in [0, 0.1) is 5.92 Å². The van der Waals surface area contributed by atoms with E-state index in [1.807, 2.05) is 50.4 Å². The maximum atomic E-state index is 13.7. The first-order valence-electron chi connectivity index (χ1n) is 15.0. The Kier molecular flexibility index (Phi) is 12.9. The minimum atomic E-state index is -1.23. The number of aromatic amines is 1. The number of fused-ring (bicyclic) bond motifs is 1. The smallest absolute Gasteiger partial charge is 0.326 e. The molecule has 0 radical (unpaired) electrons. The first kappa shape index (κ1) is 34.6. The van der Waals surface area contributed by atoms with Gasteiger partial charge in [0.15, 0.2) is 5.96 Å². The number of nitrogens with two attached hydrogens (primary N) is 3. The molecule has 13 heteroatoms. The van der Waals surface area contributed by atoms with Crippen LogP contribution in [0.5, 0.6) is 0 Å². The molecule has 0 bridgehead atoms. The van der Waals surface area contributed by atoms with Crippen LogP contribution in [-0.2, 0) is 32.0 Å². The topological polar surface area (TPSA) is 231 Å². The molecule has 0 aliphatic heterocycles. The molecular weight excluding hydrogens is 576 g/mol. The number of rotatable bonds is 17. The van der Waals surface area contributed by atoms with Crippen molar-refractivity contribution >= 4 is 40.6 Å². The molecule has 1 heterocycles. The number of aromatic nitrogens is 1. The molecule has 0 fully saturated rings. The Balaban J connectivity index is 1.74. The van der Waals surface area contributed by atoms with Gasteiger partial charge >= 0.3 is 5.97 Å². The molecular formula is C32H44N8O5. The molecule has 3 amide bonds. The normalized spacial score (nSPS) is 14.4. The molecule has 1 aromatic heterocycles. The summed E-state index contributed by atoms with van der Waals surface area (Å²) in [5.41, 5.74) is 19.5. The predicted octanol–water partition coefficient (Wildman–Crippen LogP) is 0.919. The number of aliphatic imine (C=N–C) groups is 1. The SMILES string of the molecule is CCC(C)C(NC(=O)C(N)Cc1c[nH]c2ccccc12)C(=O)NC(Cc1ccccc1)C(=O)NC(CCCN=C(N)N)C(=O)O. The van der Waals surface area contributed by atoms with Gasteiger partial charge < -0.3 is 43.2 Å². The van der Waals surface area contributed by atoms with Crippen molar-refractivity contribution in [1.82, 2.24) is 20.9 Å². The van der Waals surface area contributed by atoms with Crippen molar-refractivity contribution in [2.24, 2.45) is 28.1 Å². The molecule has 0 saturated heterocycles. The maximum Gasteiger partial charge on any atom is 0.326 e. The van der Waals surface area contributed by atoms with E-state index in [0.29, 0.717) is 12.8 Å². The Labute approximate surface area is 262 Å². The van der Waals surface area contributed by atoms with Gasteiger partial charge in [0.2, 0.25) is 17.7 Å². The molecule has 3 rings (SSSR count). The largest absolute Gasteiger partial charge is 0.480 e. The van der Waals surface area contributed by atoms with Crippen molar-refractivity contribution in [2.45, 2.75) is 70.1 Å². The Morgan fingerprint density at radius 3 is 2.22 bits per heavy atom. The van der Waals surface area contributed by atoms with Crippen molar-refractivity contribution in [3.05, 3.63) is 71.9 Å². The van der Waals surface area contributed by atoms with E-state index < -0.39 is 47.9 Å². The number of carboxylic acid groups (broad SMARTS) is 1. The van der Waals surface area contributed by atoms with Crippen LogP contribution >= 0.6 is 0 Å². The maximum absolute atomic E-state index is 13.7. The quantitative estimate of drug-likeness (QED) is 0.0613. The minimum Gasteiger partial charge on any atom is -0.480 e. The van der Waals surface area contributed by atoms with Gasteiger partial charge in [-0.3, -0.25) is 19.4 Å². The van der Waals surface area contributed by atoms with Crippen molar-refractivity contribution in [3.8, 4) is 0 Å². The third-order valence-corrected chi connectivity index (χ3v) is 7.72. The third kappa shape index (κ3) is 10.3. The third-order valence-electron chi connectivity index (χ3n) is 7.72. The lowest BCUT2D eigenvalue weighted by atomic mass is 9.96. The van der Waals surface area contributed by atoms with E-state index in [9.17, 15) is 24.3 Å². The number of guanidine groups is 1. The van der Waals surface area contributed by atoms with Gasteiger partial charge in [-0.1, -0.05) is 68.8 Å². The average Bonchev–Trinajstić information content (AvgIpc) is 3.43. The highest BCUT2D eigenvalue weighted by Gasteiger charge is 2.32. The number of carbonyl (C=O) groups excluding carboxylic acids is 3. The summed E-state index contributed by atoms with van der Waals surface area (Å²) in [7, 11) is 0. The number of nitrogens with one attached hydrogen (secondary N) is 4. The van der Waals surface area contributed by atoms with Gasteiger partial charge in [0.1, 0.15) is 18.1 Å². The van der Waals surface area contributed by atoms with Crippen LogP contribution in [-0.4, -0.2) is 70.5 Å². The molecule has 45 heavy (non-hydrogen) atoms. The number of aliphatic carboxylic acids is 1. The van der Waals surface area contributed by atoms with Gasteiger partial charge in [0, 0.05) is 30.1 Å². The fraction of sp³-hybridized carbons (Fsp3) is 0.406. The van der Waals surface area contributed by atoms with Crippen LogP contribution in [0.25, 0.3) is 10.9 Å². The zero-order valence-corrected chi connectivity index (χ0v) is 25.7. The zero-order valence-electron chi connectivity index (χ0n) is 25.7. The van der Waals surface area contributed by atoms with Crippen LogP contribution in [0.15, 0.2) is 65.8 Å². The summed E-state index contributed by atoms with van der Waals surface area (Å²) in [4.78, 5) is 59.3. The summed E-state index contributed by atoms with van der Waals surface area (Å²) in [5.74, 6) is -3.39. The Hall–Kier alpha value is -4.91. The molecule has 0 aliphatic rings. The summed E-state index contributed by atoms with van der Waals surface area (Å²) in [6.07, 6.45) is 3.11. The molecule has 242 valence electrons.